The summed E-state index contributed by atoms with van der Waals surface area (Å²) in [5.41, 5.74) is 1.87. The Hall–Kier alpha value is -3.48. The lowest BCUT2D eigenvalue weighted by atomic mass is 10.1. The van der Waals surface area contributed by atoms with E-state index in [1.165, 1.54) is 4.90 Å². The highest BCUT2D eigenvalue weighted by Crippen LogP contribution is 2.26. The Kier molecular flexibility index (Phi) is 4.88. The minimum atomic E-state index is -0.922. The summed E-state index contributed by atoms with van der Waals surface area (Å²) in [4.78, 5) is 51.9. The van der Waals surface area contributed by atoms with E-state index in [1.807, 2.05) is 0 Å². The zero-order chi connectivity index (χ0) is 20.5. The average molecular weight is 392 g/mol. The van der Waals surface area contributed by atoms with E-state index in [0.717, 1.165) is 6.42 Å². The van der Waals surface area contributed by atoms with Crippen molar-refractivity contribution in [3.8, 4) is 0 Å². The Balaban J connectivity index is 1.53. The lowest BCUT2D eigenvalue weighted by Gasteiger charge is -2.24. The Morgan fingerprint density at radius 2 is 1.69 bits per heavy atom. The Morgan fingerprint density at radius 1 is 1.00 bits per heavy atom. The summed E-state index contributed by atoms with van der Waals surface area (Å²) < 4.78 is 0. The van der Waals surface area contributed by atoms with Gasteiger partial charge in [0.25, 0.3) is 17.7 Å². The van der Waals surface area contributed by atoms with Gasteiger partial charge in [0.15, 0.2) is 0 Å². The van der Waals surface area contributed by atoms with Crippen molar-refractivity contribution in [1.82, 2.24) is 9.80 Å². The molecule has 2 heterocycles. The van der Waals surface area contributed by atoms with Crippen LogP contribution in [0, 0.1) is 0 Å². The van der Waals surface area contributed by atoms with Gasteiger partial charge in [-0.05, 0) is 42.7 Å². The first kappa shape index (κ1) is 18.9. The second-order valence-corrected chi connectivity index (χ2v) is 7.33. The molecule has 7 heteroatoms. The summed E-state index contributed by atoms with van der Waals surface area (Å²) in [7, 11) is 0. The molecule has 2 aromatic carbocycles. The molecule has 0 aromatic heterocycles. The summed E-state index contributed by atoms with van der Waals surface area (Å²) >= 11 is 0. The predicted octanol–water partition coefficient (Wildman–Crippen LogP) is 2.56. The fourth-order valence-electron chi connectivity index (χ4n) is 4.05. The fourth-order valence-corrected chi connectivity index (χ4v) is 4.05. The van der Waals surface area contributed by atoms with Crippen LogP contribution in [0.25, 0.3) is 0 Å². The minimum Gasteiger partial charge on any atom is -0.481 e. The maximum atomic E-state index is 12.9. The van der Waals surface area contributed by atoms with Crippen LogP contribution in [-0.4, -0.2) is 51.2 Å². The van der Waals surface area contributed by atoms with Gasteiger partial charge in [-0.15, -0.1) is 0 Å². The molecule has 3 amide bonds. The van der Waals surface area contributed by atoms with Crippen molar-refractivity contribution in [3.05, 3.63) is 70.8 Å². The van der Waals surface area contributed by atoms with Crippen LogP contribution >= 0.6 is 0 Å². The molecule has 2 aliphatic rings. The van der Waals surface area contributed by atoms with Gasteiger partial charge in [-0.1, -0.05) is 24.3 Å². The highest BCUT2D eigenvalue weighted by atomic mass is 16.4. The third-order valence-corrected chi connectivity index (χ3v) is 5.44. The van der Waals surface area contributed by atoms with Crippen molar-refractivity contribution in [2.75, 3.05) is 6.54 Å². The second kappa shape index (κ2) is 7.50. The molecule has 1 fully saturated rings. The second-order valence-electron chi connectivity index (χ2n) is 7.33. The van der Waals surface area contributed by atoms with Gasteiger partial charge >= 0.3 is 5.97 Å². The molecule has 0 radical (unpaired) electrons. The fraction of sp³-hybridized carbons (Fsp3) is 0.273. The number of imide groups is 1. The summed E-state index contributed by atoms with van der Waals surface area (Å²) in [6.07, 6.45) is 1.38. The van der Waals surface area contributed by atoms with Crippen LogP contribution < -0.4 is 0 Å². The highest BCUT2D eigenvalue weighted by Gasteiger charge is 2.35. The van der Waals surface area contributed by atoms with Gasteiger partial charge in [0, 0.05) is 18.2 Å². The van der Waals surface area contributed by atoms with Gasteiger partial charge in [0.2, 0.25) is 0 Å². The molecule has 0 spiro atoms. The van der Waals surface area contributed by atoms with Gasteiger partial charge < -0.3 is 10.0 Å². The lowest BCUT2D eigenvalue weighted by Crippen LogP contribution is -2.37. The first-order chi connectivity index (χ1) is 14.0. The maximum Gasteiger partial charge on any atom is 0.305 e. The molecule has 0 bridgehead atoms. The minimum absolute atomic E-state index is 0.0690. The van der Waals surface area contributed by atoms with Crippen LogP contribution in [-0.2, 0) is 11.3 Å². The molecule has 29 heavy (non-hydrogen) atoms. The molecule has 0 saturated carbocycles. The maximum absolute atomic E-state index is 12.9. The van der Waals surface area contributed by atoms with E-state index in [4.69, 9.17) is 5.11 Å². The van der Waals surface area contributed by atoms with Crippen molar-refractivity contribution in [2.24, 2.45) is 0 Å². The quantitative estimate of drug-likeness (QED) is 0.789. The normalized spacial score (nSPS) is 18.3. The number of benzene rings is 2. The largest absolute Gasteiger partial charge is 0.481 e. The third kappa shape index (κ3) is 3.51. The van der Waals surface area contributed by atoms with Gasteiger partial charge in [0.1, 0.15) is 0 Å². The predicted molar refractivity (Wildman–Crippen MR) is 103 cm³/mol. The lowest BCUT2D eigenvalue weighted by molar-refractivity contribution is -0.137. The van der Waals surface area contributed by atoms with E-state index < -0.39 is 5.97 Å². The van der Waals surface area contributed by atoms with Crippen molar-refractivity contribution >= 4 is 23.7 Å². The van der Waals surface area contributed by atoms with Gasteiger partial charge in [-0.3, -0.25) is 24.1 Å². The number of rotatable bonds is 5. The monoisotopic (exact) mass is 392 g/mol. The van der Waals surface area contributed by atoms with Crippen LogP contribution in [0.3, 0.4) is 0 Å². The molecule has 1 atom stereocenters. The van der Waals surface area contributed by atoms with Crippen molar-refractivity contribution in [1.29, 1.82) is 0 Å². The number of fused-ring (bicyclic) bond motifs is 1. The van der Waals surface area contributed by atoms with E-state index in [0.29, 0.717) is 35.2 Å². The highest BCUT2D eigenvalue weighted by molar-refractivity contribution is 6.21. The standard InChI is InChI=1S/C22H20N2O5/c25-19(26)12-16-7-4-10-23(16)20(27)15-6-3-5-14(11-15)13-24-21(28)17-8-1-2-9-18(17)22(24)29/h1-3,5-6,8-9,11,16H,4,7,10,12-13H2,(H,25,26). The summed E-state index contributed by atoms with van der Waals surface area (Å²) in [6.45, 7) is 0.603. The Bertz CT molecular complexity index is 981. The van der Waals surface area contributed by atoms with E-state index in [2.05, 4.69) is 0 Å². The van der Waals surface area contributed by atoms with Gasteiger partial charge in [0.05, 0.1) is 24.1 Å². The number of carboxylic acid groups (broad SMARTS) is 1. The number of carbonyl (C=O) groups is 4. The zero-order valence-corrected chi connectivity index (χ0v) is 15.7. The van der Waals surface area contributed by atoms with E-state index >= 15 is 0 Å². The van der Waals surface area contributed by atoms with Crippen LogP contribution in [0.5, 0.6) is 0 Å². The smallest absolute Gasteiger partial charge is 0.305 e. The Labute approximate surface area is 167 Å². The number of amides is 3. The van der Waals surface area contributed by atoms with Crippen molar-refractivity contribution in [3.63, 3.8) is 0 Å². The first-order valence-electron chi connectivity index (χ1n) is 9.52. The molecular formula is C22H20N2O5. The summed E-state index contributed by atoms with van der Waals surface area (Å²) in [5, 5.41) is 9.06. The SMILES string of the molecule is O=C(O)CC1CCCN1C(=O)c1cccc(CN2C(=O)c3ccccc3C2=O)c1. The number of carbonyl (C=O) groups excluding carboxylic acids is 3. The first-order valence-corrected chi connectivity index (χ1v) is 9.52. The molecule has 4 rings (SSSR count). The number of carboxylic acids is 1. The number of likely N-dealkylation sites (tertiary alicyclic amines) is 1. The molecular weight excluding hydrogens is 372 g/mol. The average Bonchev–Trinajstić information content (AvgIpc) is 3.26. The van der Waals surface area contributed by atoms with Crippen LogP contribution in [0.1, 0.15) is 55.9 Å². The van der Waals surface area contributed by atoms with E-state index in [9.17, 15) is 19.2 Å². The summed E-state index contributed by atoms with van der Waals surface area (Å²) in [5.74, 6) is -1.83. The van der Waals surface area contributed by atoms with Crippen LogP contribution in [0.2, 0.25) is 0 Å². The molecule has 7 nitrogen and oxygen atoms in total. The molecule has 1 unspecified atom stereocenters. The number of hydrogen-bond donors (Lipinski definition) is 1. The van der Waals surface area contributed by atoms with E-state index in [-0.39, 0.29) is 36.7 Å². The molecule has 2 aliphatic heterocycles. The van der Waals surface area contributed by atoms with Crippen LogP contribution in [0.15, 0.2) is 48.5 Å². The van der Waals surface area contributed by atoms with Crippen molar-refractivity contribution < 1.29 is 24.3 Å². The third-order valence-electron chi connectivity index (χ3n) is 5.44. The molecule has 0 aliphatic carbocycles. The molecule has 2 aromatic rings. The molecule has 1 saturated heterocycles. The van der Waals surface area contributed by atoms with Crippen molar-refractivity contribution in [2.45, 2.75) is 31.8 Å². The number of hydrogen-bond acceptors (Lipinski definition) is 4. The topological polar surface area (TPSA) is 95.0 Å². The Morgan fingerprint density at radius 3 is 2.34 bits per heavy atom. The van der Waals surface area contributed by atoms with E-state index in [1.54, 1.807) is 53.4 Å². The summed E-state index contributed by atoms with van der Waals surface area (Å²) in [6, 6.07) is 13.2. The molecule has 1 N–H and O–H groups in total. The number of aliphatic carboxylic acids is 1. The molecule has 148 valence electrons. The van der Waals surface area contributed by atoms with Crippen LogP contribution in [0.4, 0.5) is 0 Å². The van der Waals surface area contributed by atoms with Gasteiger partial charge in [-0.25, -0.2) is 0 Å². The number of nitrogens with zero attached hydrogens (tertiary/aromatic N) is 2. The van der Waals surface area contributed by atoms with Gasteiger partial charge in [-0.2, -0.15) is 0 Å². The zero-order valence-electron chi connectivity index (χ0n) is 15.7.